The van der Waals surface area contributed by atoms with E-state index in [0.29, 0.717) is 12.5 Å². The van der Waals surface area contributed by atoms with E-state index < -0.39 is 0 Å². The van der Waals surface area contributed by atoms with Crippen LogP contribution in [0, 0.1) is 5.92 Å². The van der Waals surface area contributed by atoms with E-state index in [9.17, 15) is 0 Å². The lowest BCUT2D eigenvalue weighted by Gasteiger charge is -2.14. The summed E-state index contributed by atoms with van der Waals surface area (Å²) in [5.41, 5.74) is 1.15. The van der Waals surface area contributed by atoms with Crippen molar-refractivity contribution < 1.29 is 4.74 Å². The minimum absolute atomic E-state index is 0. The second-order valence-electron chi connectivity index (χ2n) is 6.84. The minimum Gasteiger partial charge on any atom is -0.497 e. The molecule has 7 nitrogen and oxygen atoms in total. The van der Waals surface area contributed by atoms with Crippen molar-refractivity contribution in [2.24, 2.45) is 10.9 Å². The fourth-order valence-corrected chi connectivity index (χ4v) is 2.59. The highest BCUT2D eigenvalue weighted by molar-refractivity contribution is 14.0. The van der Waals surface area contributed by atoms with Gasteiger partial charge in [0.1, 0.15) is 17.9 Å². The molecule has 0 spiro atoms. The van der Waals surface area contributed by atoms with Crippen molar-refractivity contribution in [3.05, 3.63) is 42.0 Å². The molecule has 0 radical (unpaired) electrons. The monoisotopic (exact) mass is 500 g/mol. The fraction of sp³-hybridized carbons (Fsp3) is 0.550. The van der Waals surface area contributed by atoms with E-state index in [2.05, 4.69) is 46.2 Å². The van der Waals surface area contributed by atoms with Gasteiger partial charge in [0.2, 0.25) is 0 Å². The summed E-state index contributed by atoms with van der Waals surface area (Å²) >= 11 is 0. The van der Waals surface area contributed by atoms with Crippen LogP contribution in [0.5, 0.6) is 5.75 Å². The summed E-state index contributed by atoms with van der Waals surface area (Å²) in [6, 6.07) is 8.00. The predicted octanol–water partition coefficient (Wildman–Crippen LogP) is 3.25. The molecule has 0 saturated carbocycles. The number of guanidine groups is 1. The van der Waals surface area contributed by atoms with Crippen LogP contribution in [0.2, 0.25) is 0 Å². The largest absolute Gasteiger partial charge is 0.497 e. The van der Waals surface area contributed by atoms with E-state index in [4.69, 9.17) is 9.73 Å². The van der Waals surface area contributed by atoms with Crippen LogP contribution >= 0.6 is 24.0 Å². The molecule has 156 valence electrons. The highest BCUT2D eigenvalue weighted by Crippen LogP contribution is 2.11. The Bertz CT molecular complexity index is 699. The number of ether oxygens (including phenoxy) is 1. The molecule has 0 fully saturated rings. The Morgan fingerprint density at radius 2 is 1.89 bits per heavy atom. The zero-order valence-corrected chi connectivity index (χ0v) is 19.6. The second kappa shape index (κ2) is 13.4. The van der Waals surface area contributed by atoms with Crippen molar-refractivity contribution in [2.75, 3.05) is 20.2 Å². The SMILES string of the molecule is CCc1nncn1CCNC(=NCc1ccc(OC)cc1)NCCC(C)C.I. The fourth-order valence-electron chi connectivity index (χ4n) is 2.59. The first kappa shape index (κ1) is 24.2. The van der Waals surface area contributed by atoms with Crippen molar-refractivity contribution in [1.82, 2.24) is 25.4 Å². The smallest absolute Gasteiger partial charge is 0.191 e. The first-order chi connectivity index (χ1) is 13.1. The molecule has 0 aliphatic carbocycles. The molecule has 0 unspecified atom stereocenters. The molecule has 8 heteroatoms. The van der Waals surface area contributed by atoms with Gasteiger partial charge in [-0.15, -0.1) is 34.2 Å². The number of hydrogen-bond acceptors (Lipinski definition) is 4. The van der Waals surface area contributed by atoms with Crippen molar-refractivity contribution in [3.63, 3.8) is 0 Å². The summed E-state index contributed by atoms with van der Waals surface area (Å²) < 4.78 is 7.28. The van der Waals surface area contributed by atoms with Crippen molar-refractivity contribution in [3.8, 4) is 5.75 Å². The normalized spacial score (nSPS) is 11.2. The van der Waals surface area contributed by atoms with Crippen molar-refractivity contribution in [2.45, 2.75) is 46.7 Å². The molecule has 2 aromatic rings. The lowest BCUT2D eigenvalue weighted by atomic mass is 10.1. The summed E-state index contributed by atoms with van der Waals surface area (Å²) in [5, 5.41) is 14.9. The lowest BCUT2D eigenvalue weighted by Crippen LogP contribution is -2.39. The number of rotatable bonds is 10. The molecule has 2 rings (SSSR count). The van der Waals surface area contributed by atoms with Gasteiger partial charge in [-0.2, -0.15) is 0 Å². The van der Waals surface area contributed by atoms with Crippen LogP contribution in [0.15, 0.2) is 35.6 Å². The van der Waals surface area contributed by atoms with Gasteiger partial charge in [0, 0.05) is 26.1 Å². The van der Waals surface area contributed by atoms with E-state index in [1.165, 1.54) is 0 Å². The first-order valence-electron chi connectivity index (χ1n) is 9.64. The van der Waals surface area contributed by atoms with Gasteiger partial charge in [-0.1, -0.05) is 32.9 Å². The Balaban J connectivity index is 0.00000392. The molecule has 1 aromatic heterocycles. The minimum atomic E-state index is 0. The van der Waals surface area contributed by atoms with Gasteiger partial charge in [0.15, 0.2) is 5.96 Å². The molecular weight excluding hydrogens is 467 g/mol. The summed E-state index contributed by atoms with van der Waals surface area (Å²) in [5.74, 6) is 3.35. The van der Waals surface area contributed by atoms with Gasteiger partial charge in [0.05, 0.1) is 13.7 Å². The topological polar surface area (TPSA) is 76.4 Å². The summed E-state index contributed by atoms with van der Waals surface area (Å²) in [4.78, 5) is 4.72. The molecule has 1 heterocycles. The Kier molecular flexibility index (Phi) is 11.5. The molecule has 0 bridgehead atoms. The molecule has 0 atom stereocenters. The van der Waals surface area contributed by atoms with Crippen LogP contribution in [0.25, 0.3) is 0 Å². The van der Waals surface area contributed by atoms with Gasteiger partial charge >= 0.3 is 0 Å². The van der Waals surface area contributed by atoms with Crippen molar-refractivity contribution in [1.29, 1.82) is 0 Å². The highest BCUT2D eigenvalue weighted by Gasteiger charge is 2.03. The number of aromatic nitrogens is 3. The van der Waals surface area contributed by atoms with Crippen LogP contribution in [0.4, 0.5) is 0 Å². The van der Waals surface area contributed by atoms with Crippen LogP contribution in [-0.4, -0.2) is 40.9 Å². The second-order valence-corrected chi connectivity index (χ2v) is 6.84. The van der Waals surface area contributed by atoms with Gasteiger partial charge in [-0.25, -0.2) is 4.99 Å². The van der Waals surface area contributed by atoms with E-state index >= 15 is 0 Å². The number of hydrogen-bond donors (Lipinski definition) is 2. The number of benzene rings is 1. The molecule has 1 aromatic carbocycles. The standard InChI is InChI=1S/C20H32N6O.HI/c1-5-19-25-24-15-26(19)13-12-22-20(21-11-10-16(2)3)23-14-17-6-8-18(27-4)9-7-17;/h6-9,15-16H,5,10-14H2,1-4H3,(H2,21,22,23);1H. The average molecular weight is 500 g/mol. The van der Waals surface area contributed by atoms with E-state index in [-0.39, 0.29) is 24.0 Å². The third-order valence-electron chi connectivity index (χ3n) is 4.25. The average Bonchev–Trinajstić information content (AvgIpc) is 3.13. The third-order valence-corrected chi connectivity index (χ3v) is 4.25. The summed E-state index contributed by atoms with van der Waals surface area (Å²) in [7, 11) is 1.67. The van der Waals surface area contributed by atoms with E-state index in [1.54, 1.807) is 13.4 Å². The molecular formula is C20H33IN6O. The number of aryl methyl sites for hydroxylation is 1. The molecule has 0 aliphatic heterocycles. The molecule has 0 saturated heterocycles. The first-order valence-corrected chi connectivity index (χ1v) is 9.64. The third kappa shape index (κ3) is 8.45. The maximum atomic E-state index is 5.20. The summed E-state index contributed by atoms with van der Waals surface area (Å²) in [6.07, 6.45) is 3.76. The Morgan fingerprint density at radius 1 is 1.18 bits per heavy atom. The van der Waals surface area contributed by atoms with E-state index in [1.807, 2.05) is 24.3 Å². The molecule has 0 aliphatic rings. The van der Waals surface area contributed by atoms with E-state index in [0.717, 1.165) is 55.6 Å². The Hall–Kier alpha value is -1.84. The molecule has 28 heavy (non-hydrogen) atoms. The van der Waals surface area contributed by atoms with Gasteiger partial charge in [-0.3, -0.25) is 0 Å². The maximum absolute atomic E-state index is 5.20. The van der Waals surface area contributed by atoms with Crippen LogP contribution < -0.4 is 15.4 Å². The zero-order valence-electron chi connectivity index (χ0n) is 17.3. The van der Waals surface area contributed by atoms with Crippen LogP contribution in [-0.2, 0) is 19.5 Å². The van der Waals surface area contributed by atoms with Crippen LogP contribution in [0.3, 0.4) is 0 Å². The quantitative estimate of drug-likeness (QED) is 0.298. The van der Waals surface area contributed by atoms with Gasteiger partial charge in [-0.05, 0) is 30.0 Å². The molecule has 2 N–H and O–H groups in total. The number of halogens is 1. The molecule has 0 amide bonds. The highest BCUT2D eigenvalue weighted by atomic mass is 127. The Morgan fingerprint density at radius 3 is 2.54 bits per heavy atom. The lowest BCUT2D eigenvalue weighted by molar-refractivity contribution is 0.414. The maximum Gasteiger partial charge on any atom is 0.191 e. The number of methoxy groups -OCH3 is 1. The van der Waals surface area contributed by atoms with Crippen molar-refractivity contribution >= 4 is 29.9 Å². The predicted molar refractivity (Wildman–Crippen MR) is 124 cm³/mol. The number of aliphatic imine (C=N–C) groups is 1. The van der Waals surface area contributed by atoms with Gasteiger partial charge in [0.25, 0.3) is 0 Å². The number of nitrogens with zero attached hydrogens (tertiary/aromatic N) is 4. The zero-order chi connectivity index (χ0) is 19.5. The number of nitrogens with one attached hydrogen (secondary N) is 2. The summed E-state index contributed by atoms with van der Waals surface area (Å²) in [6.45, 7) is 9.63. The van der Waals surface area contributed by atoms with Crippen LogP contribution in [0.1, 0.15) is 38.6 Å². The van der Waals surface area contributed by atoms with Gasteiger partial charge < -0.3 is 19.9 Å². The Labute approximate surface area is 185 Å².